The van der Waals surface area contributed by atoms with E-state index in [9.17, 15) is 14.4 Å². The zero-order chi connectivity index (χ0) is 21.8. The number of amides is 3. The number of nitrogens with zero attached hydrogens (tertiary/aromatic N) is 3. The average Bonchev–Trinajstić information content (AvgIpc) is 3.00. The summed E-state index contributed by atoms with van der Waals surface area (Å²) >= 11 is 0. The fourth-order valence-electron chi connectivity index (χ4n) is 3.44. The van der Waals surface area contributed by atoms with Crippen molar-refractivity contribution in [3.63, 3.8) is 0 Å². The summed E-state index contributed by atoms with van der Waals surface area (Å²) in [6.07, 6.45) is 1.54. The Bertz CT molecular complexity index is 1030. The molecule has 4 rings (SSSR count). The lowest BCUT2D eigenvalue weighted by Crippen LogP contribution is -2.45. The SMILES string of the molecule is Cc1ccc(/C=N/NC(=O)Nc2ccc3c(c2)C(=O)C(=O)N3CN2CCOCC2)cc1. The quantitative estimate of drug-likeness (QED) is 0.437. The molecule has 9 nitrogen and oxygen atoms in total. The van der Waals surface area contributed by atoms with Gasteiger partial charge in [-0.3, -0.25) is 19.4 Å². The highest BCUT2D eigenvalue weighted by molar-refractivity contribution is 6.52. The van der Waals surface area contributed by atoms with Gasteiger partial charge in [0.15, 0.2) is 0 Å². The Morgan fingerprint density at radius 1 is 1.13 bits per heavy atom. The lowest BCUT2D eigenvalue weighted by molar-refractivity contribution is -0.114. The van der Waals surface area contributed by atoms with Crippen LogP contribution in [0.4, 0.5) is 16.2 Å². The van der Waals surface area contributed by atoms with Gasteiger partial charge in [-0.1, -0.05) is 29.8 Å². The second-order valence-corrected chi connectivity index (χ2v) is 7.40. The standard InChI is InChI=1S/C22H23N5O4/c1-15-2-4-16(5-3-15)13-23-25-22(30)24-17-6-7-19-18(12-17)20(28)21(29)27(19)14-26-8-10-31-11-9-26/h2-7,12-13H,8-11,14H2,1H3,(H2,24,25,30)/b23-13+. The Kier molecular flexibility index (Phi) is 6.06. The third-order valence-corrected chi connectivity index (χ3v) is 5.13. The van der Waals surface area contributed by atoms with Crippen molar-refractivity contribution in [2.24, 2.45) is 5.10 Å². The Morgan fingerprint density at radius 3 is 2.61 bits per heavy atom. The fourth-order valence-corrected chi connectivity index (χ4v) is 3.44. The van der Waals surface area contributed by atoms with Gasteiger partial charge in [-0.25, -0.2) is 10.2 Å². The molecule has 0 unspecified atom stereocenters. The maximum absolute atomic E-state index is 12.5. The fraction of sp³-hybridized carbons (Fsp3) is 0.273. The van der Waals surface area contributed by atoms with Crippen molar-refractivity contribution in [3.8, 4) is 0 Å². The van der Waals surface area contributed by atoms with Crippen molar-refractivity contribution in [2.45, 2.75) is 6.92 Å². The molecule has 31 heavy (non-hydrogen) atoms. The molecule has 0 saturated carbocycles. The number of hydrogen-bond acceptors (Lipinski definition) is 6. The summed E-state index contributed by atoms with van der Waals surface area (Å²) in [5, 5.41) is 6.54. The zero-order valence-electron chi connectivity index (χ0n) is 17.1. The second-order valence-electron chi connectivity index (χ2n) is 7.40. The number of anilines is 2. The molecule has 9 heteroatoms. The number of rotatable bonds is 5. The number of carbonyl (C=O) groups is 3. The molecule has 1 fully saturated rings. The third kappa shape index (κ3) is 4.79. The number of benzene rings is 2. The summed E-state index contributed by atoms with van der Waals surface area (Å²) < 4.78 is 5.32. The van der Waals surface area contributed by atoms with Crippen LogP contribution in [0.25, 0.3) is 0 Å². The molecule has 0 bridgehead atoms. The van der Waals surface area contributed by atoms with Gasteiger partial charge in [0.1, 0.15) is 0 Å². The summed E-state index contributed by atoms with van der Waals surface area (Å²) in [7, 11) is 0. The van der Waals surface area contributed by atoms with E-state index in [1.54, 1.807) is 12.1 Å². The number of ether oxygens (including phenoxy) is 1. The van der Waals surface area contributed by atoms with Crippen molar-refractivity contribution in [1.82, 2.24) is 10.3 Å². The number of morpholine rings is 1. The predicted octanol–water partition coefficient (Wildman–Crippen LogP) is 1.97. The van der Waals surface area contributed by atoms with Crippen molar-refractivity contribution in [1.29, 1.82) is 0 Å². The maximum atomic E-state index is 12.5. The highest BCUT2D eigenvalue weighted by atomic mass is 16.5. The van der Waals surface area contributed by atoms with Crippen LogP contribution >= 0.6 is 0 Å². The number of fused-ring (bicyclic) bond motifs is 1. The summed E-state index contributed by atoms with van der Waals surface area (Å²) in [6.45, 7) is 4.94. The van der Waals surface area contributed by atoms with Gasteiger partial charge in [0.05, 0.1) is 37.3 Å². The van der Waals surface area contributed by atoms with Crippen LogP contribution in [0.15, 0.2) is 47.6 Å². The van der Waals surface area contributed by atoms with Crippen molar-refractivity contribution < 1.29 is 19.1 Å². The van der Waals surface area contributed by atoms with Crippen LogP contribution in [0.5, 0.6) is 0 Å². The Balaban J connectivity index is 1.39. The largest absolute Gasteiger partial charge is 0.379 e. The number of urea groups is 1. The zero-order valence-corrected chi connectivity index (χ0v) is 17.1. The Morgan fingerprint density at radius 2 is 1.87 bits per heavy atom. The van der Waals surface area contributed by atoms with Gasteiger partial charge in [-0.2, -0.15) is 5.10 Å². The van der Waals surface area contributed by atoms with Crippen LogP contribution in [0.1, 0.15) is 21.5 Å². The second kappa shape index (κ2) is 9.07. The number of carbonyl (C=O) groups excluding carboxylic acids is 3. The molecular weight excluding hydrogens is 398 g/mol. The minimum atomic E-state index is -0.579. The molecule has 0 spiro atoms. The molecule has 0 aromatic heterocycles. The van der Waals surface area contributed by atoms with Gasteiger partial charge in [0.2, 0.25) is 0 Å². The van der Waals surface area contributed by atoms with E-state index in [0.717, 1.165) is 11.1 Å². The van der Waals surface area contributed by atoms with Crippen LogP contribution in [-0.4, -0.2) is 61.8 Å². The minimum absolute atomic E-state index is 0.277. The van der Waals surface area contributed by atoms with Gasteiger partial charge in [0, 0.05) is 18.8 Å². The molecule has 2 aromatic carbocycles. The van der Waals surface area contributed by atoms with Gasteiger partial charge in [-0.05, 0) is 30.7 Å². The number of hydrazone groups is 1. The van der Waals surface area contributed by atoms with Gasteiger partial charge < -0.3 is 10.1 Å². The molecule has 3 amide bonds. The summed E-state index contributed by atoms with van der Waals surface area (Å²) in [5.41, 5.74) is 5.60. The number of aryl methyl sites for hydroxylation is 1. The first-order valence-electron chi connectivity index (χ1n) is 9.98. The Labute approximate surface area is 179 Å². The number of hydrogen-bond donors (Lipinski definition) is 2. The lowest BCUT2D eigenvalue weighted by atomic mass is 10.1. The van der Waals surface area contributed by atoms with Crippen molar-refractivity contribution >= 4 is 35.3 Å². The average molecular weight is 421 g/mol. The van der Waals surface area contributed by atoms with E-state index in [1.165, 1.54) is 17.2 Å². The van der Waals surface area contributed by atoms with Crippen LogP contribution in [0.3, 0.4) is 0 Å². The molecule has 1 saturated heterocycles. The molecule has 2 aliphatic rings. The summed E-state index contributed by atoms with van der Waals surface area (Å²) in [4.78, 5) is 40.6. The van der Waals surface area contributed by atoms with E-state index in [1.807, 2.05) is 31.2 Å². The van der Waals surface area contributed by atoms with E-state index in [0.29, 0.717) is 44.3 Å². The van der Waals surface area contributed by atoms with Crippen LogP contribution in [-0.2, 0) is 9.53 Å². The monoisotopic (exact) mass is 421 g/mol. The third-order valence-electron chi connectivity index (χ3n) is 5.13. The van der Waals surface area contributed by atoms with Crippen molar-refractivity contribution in [2.75, 3.05) is 43.2 Å². The van der Waals surface area contributed by atoms with Gasteiger partial charge in [-0.15, -0.1) is 0 Å². The van der Waals surface area contributed by atoms with E-state index in [4.69, 9.17) is 4.74 Å². The van der Waals surface area contributed by atoms with Gasteiger partial charge >= 0.3 is 11.9 Å². The van der Waals surface area contributed by atoms with Crippen molar-refractivity contribution in [3.05, 3.63) is 59.2 Å². The van der Waals surface area contributed by atoms with Crippen LogP contribution in [0.2, 0.25) is 0 Å². The topological polar surface area (TPSA) is 103 Å². The van der Waals surface area contributed by atoms with Crippen LogP contribution < -0.4 is 15.6 Å². The number of ketones is 1. The first-order chi connectivity index (χ1) is 15.0. The minimum Gasteiger partial charge on any atom is -0.379 e. The molecule has 2 heterocycles. The number of nitrogens with one attached hydrogen (secondary N) is 2. The number of Topliss-reactive ketones (excluding diaryl/α,β-unsaturated/α-hetero) is 1. The molecule has 0 atom stereocenters. The lowest BCUT2D eigenvalue weighted by Gasteiger charge is -2.30. The summed E-state index contributed by atoms with van der Waals surface area (Å²) in [6, 6.07) is 12.0. The molecule has 2 aliphatic heterocycles. The molecule has 2 aromatic rings. The molecule has 0 aliphatic carbocycles. The normalized spacial score (nSPS) is 16.6. The van der Waals surface area contributed by atoms with E-state index in [-0.39, 0.29) is 5.56 Å². The highest BCUT2D eigenvalue weighted by Gasteiger charge is 2.37. The van der Waals surface area contributed by atoms with Gasteiger partial charge in [0.25, 0.3) is 5.78 Å². The molecule has 0 radical (unpaired) electrons. The smallest absolute Gasteiger partial charge is 0.339 e. The van der Waals surface area contributed by atoms with E-state index < -0.39 is 17.7 Å². The first-order valence-corrected chi connectivity index (χ1v) is 9.98. The Hall–Kier alpha value is -3.56. The molecular formula is C22H23N5O4. The highest BCUT2D eigenvalue weighted by Crippen LogP contribution is 2.31. The van der Waals surface area contributed by atoms with E-state index >= 15 is 0 Å². The van der Waals surface area contributed by atoms with E-state index in [2.05, 4.69) is 20.7 Å². The maximum Gasteiger partial charge on any atom is 0.339 e. The predicted molar refractivity (Wildman–Crippen MR) is 116 cm³/mol. The first kappa shape index (κ1) is 20.7. The summed E-state index contributed by atoms with van der Waals surface area (Å²) in [5.74, 6) is -1.14. The van der Waals surface area contributed by atoms with Crippen LogP contribution in [0, 0.1) is 6.92 Å². The molecule has 2 N–H and O–H groups in total. The molecule has 160 valence electrons.